The predicted octanol–water partition coefficient (Wildman–Crippen LogP) is 4.33. The fourth-order valence-corrected chi connectivity index (χ4v) is 4.59. The molecule has 6 nitrogen and oxygen atoms in total. The molecule has 4 rings (SSSR count). The number of halogens is 2. The number of aliphatic hydroxyl groups is 1. The first-order valence-electron chi connectivity index (χ1n) is 7.25. The fraction of sp³-hybridized carbons (Fsp3) is 0.118. The number of nitro groups is 1. The van der Waals surface area contributed by atoms with Gasteiger partial charge >= 0.3 is 0 Å². The van der Waals surface area contributed by atoms with E-state index in [-0.39, 0.29) is 5.69 Å². The predicted molar refractivity (Wildman–Crippen MR) is 98.8 cm³/mol. The lowest BCUT2D eigenvalue weighted by molar-refractivity contribution is -0.384. The second-order valence-corrected chi connectivity index (χ2v) is 9.23. The Hall–Kier alpha value is -2.21. The Morgan fingerprint density at radius 1 is 1.28 bits per heavy atom. The molecule has 124 valence electrons. The van der Waals surface area contributed by atoms with Crippen LogP contribution in [0.1, 0.15) is 34.1 Å². The molecule has 2 aromatic carbocycles. The van der Waals surface area contributed by atoms with Crippen LogP contribution in [0.3, 0.4) is 0 Å². The van der Waals surface area contributed by atoms with Crippen LogP contribution >= 0.6 is 31.9 Å². The van der Waals surface area contributed by atoms with Gasteiger partial charge in [0.15, 0.2) is 0 Å². The number of nitro benzene ring substituents is 1. The van der Waals surface area contributed by atoms with Crippen molar-refractivity contribution in [1.29, 1.82) is 5.26 Å². The minimum atomic E-state index is -0.935. The average Bonchev–Trinajstić information content (AvgIpc) is 2.99. The largest absolute Gasteiger partial charge is 0.384 e. The van der Waals surface area contributed by atoms with E-state index in [1.807, 2.05) is 0 Å². The molecule has 2 N–H and O–H groups in total. The van der Waals surface area contributed by atoms with Gasteiger partial charge in [-0.25, -0.2) is 0 Å². The molecular formula is C17H9Br2N3O3. The molecule has 1 aliphatic carbocycles. The highest BCUT2D eigenvalue weighted by Crippen LogP contribution is 2.55. The number of hydrogen-bond acceptors (Lipinski definition) is 4. The van der Waals surface area contributed by atoms with Crippen molar-refractivity contribution in [1.82, 2.24) is 4.98 Å². The molecule has 1 atom stereocenters. The third-order valence-electron chi connectivity index (χ3n) is 4.44. The van der Waals surface area contributed by atoms with Crippen molar-refractivity contribution in [3.05, 3.63) is 74.5 Å². The molecule has 0 radical (unpaired) electrons. The van der Waals surface area contributed by atoms with Crippen LogP contribution in [0.4, 0.5) is 5.69 Å². The zero-order valence-corrected chi connectivity index (χ0v) is 15.6. The molecule has 0 aliphatic heterocycles. The van der Waals surface area contributed by atoms with Gasteiger partial charge in [-0.2, -0.15) is 5.26 Å². The third-order valence-corrected chi connectivity index (χ3v) is 6.08. The monoisotopic (exact) mass is 461 g/mol. The van der Waals surface area contributed by atoms with Crippen molar-refractivity contribution >= 4 is 48.5 Å². The molecule has 1 heterocycles. The number of nitrogens with one attached hydrogen (secondary N) is 1. The summed E-state index contributed by atoms with van der Waals surface area (Å²) in [6, 6.07) is 11.7. The van der Waals surface area contributed by atoms with E-state index in [1.165, 1.54) is 12.1 Å². The molecular weight excluding hydrogens is 454 g/mol. The van der Waals surface area contributed by atoms with E-state index in [0.29, 0.717) is 33.5 Å². The van der Waals surface area contributed by atoms with E-state index >= 15 is 0 Å². The SMILES string of the molecule is N#Cc1ccc2c3c([nH]c2c1)C(Br)(Br)c1cc([N+](=O)[O-])ccc1C3O. The van der Waals surface area contributed by atoms with Crippen molar-refractivity contribution in [3.8, 4) is 6.07 Å². The number of aliphatic hydroxyl groups excluding tert-OH is 1. The van der Waals surface area contributed by atoms with Crippen LogP contribution in [-0.4, -0.2) is 15.0 Å². The molecule has 0 bridgehead atoms. The Labute approximate surface area is 158 Å². The molecule has 8 heteroatoms. The number of alkyl halides is 2. The summed E-state index contributed by atoms with van der Waals surface area (Å²) in [7, 11) is 0. The van der Waals surface area contributed by atoms with Gasteiger partial charge in [0, 0.05) is 28.6 Å². The van der Waals surface area contributed by atoms with Gasteiger partial charge in [-0.15, -0.1) is 0 Å². The summed E-state index contributed by atoms with van der Waals surface area (Å²) in [5, 5.41) is 31.9. The van der Waals surface area contributed by atoms with Gasteiger partial charge < -0.3 is 10.1 Å². The molecule has 1 unspecified atom stereocenters. The second kappa shape index (κ2) is 5.39. The summed E-state index contributed by atoms with van der Waals surface area (Å²) in [5.41, 5.74) is 3.64. The molecule has 0 fully saturated rings. The van der Waals surface area contributed by atoms with E-state index in [1.54, 1.807) is 24.3 Å². The summed E-state index contributed by atoms with van der Waals surface area (Å²) < 4.78 is -0.915. The standard InChI is InChI=1S/C17H9Br2N3O3/c18-17(19)12-6-9(22(24)25)2-4-10(12)15(23)14-11-3-1-8(7-20)5-13(11)21-16(14)17/h1-6,15,21,23H. The minimum absolute atomic E-state index is 0.0550. The summed E-state index contributed by atoms with van der Waals surface area (Å²) in [5.74, 6) is 0. The first kappa shape index (κ1) is 16.3. The summed E-state index contributed by atoms with van der Waals surface area (Å²) >= 11 is 7.20. The number of fused-ring (bicyclic) bond motifs is 4. The van der Waals surface area contributed by atoms with Crippen molar-refractivity contribution in [2.24, 2.45) is 0 Å². The quantitative estimate of drug-likeness (QED) is 0.319. The van der Waals surface area contributed by atoms with Gasteiger partial charge in [-0.1, -0.05) is 37.9 Å². The van der Waals surface area contributed by atoms with Crippen molar-refractivity contribution < 1.29 is 10.0 Å². The smallest absolute Gasteiger partial charge is 0.269 e. The number of aromatic nitrogens is 1. The van der Waals surface area contributed by atoms with E-state index in [4.69, 9.17) is 5.26 Å². The first-order valence-corrected chi connectivity index (χ1v) is 8.84. The van der Waals surface area contributed by atoms with Crippen LogP contribution in [0.15, 0.2) is 36.4 Å². The number of benzene rings is 2. The number of hydrogen-bond donors (Lipinski definition) is 2. The zero-order chi connectivity index (χ0) is 17.9. The van der Waals surface area contributed by atoms with Gasteiger partial charge in [0.2, 0.25) is 0 Å². The first-order chi connectivity index (χ1) is 11.8. The summed E-state index contributed by atoms with van der Waals surface area (Å²) in [4.78, 5) is 13.9. The molecule has 25 heavy (non-hydrogen) atoms. The number of aromatic amines is 1. The molecule has 0 saturated heterocycles. The van der Waals surface area contributed by atoms with Crippen LogP contribution in [0.25, 0.3) is 10.9 Å². The van der Waals surface area contributed by atoms with E-state index in [2.05, 4.69) is 42.9 Å². The highest BCUT2D eigenvalue weighted by Gasteiger charge is 2.43. The highest BCUT2D eigenvalue weighted by molar-refractivity contribution is 9.25. The summed E-state index contributed by atoms with van der Waals surface area (Å²) in [6.07, 6.45) is -0.935. The number of rotatable bonds is 1. The van der Waals surface area contributed by atoms with Gasteiger partial charge in [-0.3, -0.25) is 10.1 Å². The Morgan fingerprint density at radius 2 is 2.04 bits per heavy atom. The lowest BCUT2D eigenvalue weighted by atomic mass is 9.86. The van der Waals surface area contributed by atoms with Gasteiger partial charge in [0.25, 0.3) is 5.69 Å². The van der Waals surface area contributed by atoms with Crippen LogP contribution in [-0.2, 0) is 3.23 Å². The van der Waals surface area contributed by atoms with Crippen molar-refractivity contribution in [3.63, 3.8) is 0 Å². The van der Waals surface area contributed by atoms with Gasteiger partial charge in [0.05, 0.1) is 22.2 Å². The topological polar surface area (TPSA) is 103 Å². The maximum atomic E-state index is 11.1. The number of nitrogens with zero attached hydrogens (tertiary/aromatic N) is 2. The van der Waals surface area contributed by atoms with Crippen molar-refractivity contribution in [2.45, 2.75) is 9.34 Å². The highest BCUT2D eigenvalue weighted by atomic mass is 79.9. The number of H-pyrrole nitrogens is 1. The summed E-state index contributed by atoms with van der Waals surface area (Å²) in [6.45, 7) is 0. The van der Waals surface area contributed by atoms with Crippen LogP contribution in [0.5, 0.6) is 0 Å². The van der Waals surface area contributed by atoms with E-state index in [0.717, 1.165) is 5.39 Å². The number of nitriles is 1. The lowest BCUT2D eigenvalue weighted by Gasteiger charge is -2.32. The normalized spacial score (nSPS) is 17.6. The minimum Gasteiger partial charge on any atom is -0.384 e. The van der Waals surface area contributed by atoms with Crippen LogP contribution in [0.2, 0.25) is 0 Å². The fourth-order valence-electron chi connectivity index (χ4n) is 3.28. The van der Waals surface area contributed by atoms with E-state index in [9.17, 15) is 15.2 Å². The Kier molecular flexibility index (Phi) is 3.51. The molecule has 1 aliphatic rings. The van der Waals surface area contributed by atoms with Crippen molar-refractivity contribution in [2.75, 3.05) is 0 Å². The van der Waals surface area contributed by atoms with Crippen LogP contribution in [0, 0.1) is 21.4 Å². The molecule has 0 saturated carbocycles. The van der Waals surface area contributed by atoms with Gasteiger partial charge in [0.1, 0.15) is 9.34 Å². The Morgan fingerprint density at radius 3 is 2.72 bits per heavy atom. The third kappa shape index (κ3) is 2.24. The Balaban J connectivity index is 2.03. The maximum Gasteiger partial charge on any atom is 0.269 e. The Bertz CT molecular complexity index is 1100. The second-order valence-electron chi connectivity index (χ2n) is 5.79. The average molecular weight is 463 g/mol. The molecule has 0 spiro atoms. The lowest BCUT2D eigenvalue weighted by Crippen LogP contribution is -2.24. The molecule has 0 amide bonds. The van der Waals surface area contributed by atoms with Crippen LogP contribution < -0.4 is 0 Å². The van der Waals surface area contributed by atoms with Gasteiger partial charge in [-0.05, 0) is 29.3 Å². The zero-order valence-electron chi connectivity index (χ0n) is 12.5. The molecule has 1 aromatic heterocycles. The number of non-ortho nitro benzene ring substituents is 1. The van der Waals surface area contributed by atoms with E-state index < -0.39 is 14.3 Å². The maximum absolute atomic E-state index is 11.1. The molecule has 3 aromatic rings.